The zero-order valence-electron chi connectivity index (χ0n) is 11.0. The molecule has 1 rings (SSSR count). The molecule has 0 aliphatic rings. The highest BCUT2D eigenvalue weighted by molar-refractivity contribution is 5.78. The van der Waals surface area contributed by atoms with Crippen molar-refractivity contribution in [1.82, 2.24) is 5.32 Å². The topological polar surface area (TPSA) is 58.6 Å². The Morgan fingerprint density at radius 1 is 1.39 bits per heavy atom. The Balaban J connectivity index is 2.47. The Hall–Kier alpha value is -1.55. The van der Waals surface area contributed by atoms with Gasteiger partial charge in [0, 0.05) is 12.6 Å². The molecule has 0 saturated heterocycles. The molecule has 0 spiro atoms. The number of carbonyl (C=O) groups is 1. The summed E-state index contributed by atoms with van der Waals surface area (Å²) in [6, 6.07) is 7.50. The van der Waals surface area contributed by atoms with E-state index in [9.17, 15) is 4.79 Å². The third-order valence-electron chi connectivity index (χ3n) is 2.86. The molecule has 1 atom stereocenters. The molecule has 0 aliphatic heterocycles. The van der Waals surface area contributed by atoms with Gasteiger partial charge >= 0.3 is 0 Å². The first-order chi connectivity index (χ1) is 8.69. The predicted octanol–water partition coefficient (Wildman–Crippen LogP) is 1.51. The van der Waals surface area contributed by atoms with Crippen molar-refractivity contribution in [3.8, 4) is 5.75 Å². The van der Waals surface area contributed by atoms with Gasteiger partial charge in [-0.2, -0.15) is 0 Å². The number of benzene rings is 1. The molecule has 0 heterocycles. The molecule has 100 valence electrons. The number of hydrogen-bond acceptors (Lipinski definition) is 3. The number of aliphatic hydroxyl groups excluding tert-OH is 1. The molecule has 1 aromatic carbocycles. The molecule has 1 aromatic rings. The quantitative estimate of drug-likeness (QED) is 0.772. The smallest absolute Gasteiger partial charge is 0.224 e. The number of hydrogen-bond donors (Lipinski definition) is 2. The highest BCUT2D eigenvalue weighted by Gasteiger charge is 2.10. The molecule has 0 aliphatic carbocycles. The van der Waals surface area contributed by atoms with Gasteiger partial charge in [0.15, 0.2) is 0 Å². The maximum atomic E-state index is 11.8. The molecule has 18 heavy (non-hydrogen) atoms. The fourth-order valence-corrected chi connectivity index (χ4v) is 1.74. The van der Waals surface area contributed by atoms with Crippen LogP contribution in [-0.4, -0.2) is 30.8 Å². The maximum Gasteiger partial charge on any atom is 0.224 e. The van der Waals surface area contributed by atoms with Crippen molar-refractivity contribution in [3.05, 3.63) is 29.8 Å². The fraction of sp³-hybridized carbons (Fsp3) is 0.500. The molecule has 0 fully saturated rings. The summed E-state index contributed by atoms with van der Waals surface area (Å²) in [7, 11) is 1.61. The third-order valence-corrected chi connectivity index (χ3v) is 2.86. The fourth-order valence-electron chi connectivity index (χ4n) is 1.74. The van der Waals surface area contributed by atoms with Crippen molar-refractivity contribution in [3.63, 3.8) is 0 Å². The number of amides is 1. The van der Waals surface area contributed by atoms with Crippen molar-refractivity contribution in [1.29, 1.82) is 0 Å². The highest BCUT2D eigenvalue weighted by Crippen LogP contribution is 2.11. The van der Waals surface area contributed by atoms with Crippen LogP contribution >= 0.6 is 0 Å². The highest BCUT2D eigenvalue weighted by atomic mass is 16.5. The summed E-state index contributed by atoms with van der Waals surface area (Å²) in [5.74, 6) is 0.770. The van der Waals surface area contributed by atoms with Crippen LogP contribution in [0.5, 0.6) is 5.75 Å². The number of carbonyl (C=O) groups excluding carboxylic acids is 1. The monoisotopic (exact) mass is 251 g/mol. The number of methoxy groups -OCH3 is 1. The molecule has 4 heteroatoms. The molecule has 2 N–H and O–H groups in total. The molecule has 1 unspecified atom stereocenters. The lowest BCUT2D eigenvalue weighted by Crippen LogP contribution is -2.36. The Morgan fingerprint density at radius 3 is 2.56 bits per heavy atom. The number of rotatable bonds is 7. The largest absolute Gasteiger partial charge is 0.497 e. The van der Waals surface area contributed by atoms with Crippen molar-refractivity contribution in [2.75, 3.05) is 13.7 Å². The van der Waals surface area contributed by atoms with Gasteiger partial charge in [0.25, 0.3) is 0 Å². The van der Waals surface area contributed by atoms with Gasteiger partial charge in [-0.25, -0.2) is 0 Å². The van der Waals surface area contributed by atoms with E-state index in [1.807, 2.05) is 31.2 Å². The first-order valence-electron chi connectivity index (χ1n) is 6.22. The minimum absolute atomic E-state index is 0.0135. The van der Waals surface area contributed by atoms with E-state index < -0.39 is 0 Å². The number of ether oxygens (including phenoxy) is 1. The van der Waals surface area contributed by atoms with Crippen LogP contribution in [0, 0.1) is 0 Å². The van der Waals surface area contributed by atoms with Gasteiger partial charge in [0.1, 0.15) is 5.75 Å². The molecular weight excluding hydrogens is 230 g/mol. The van der Waals surface area contributed by atoms with E-state index in [2.05, 4.69) is 5.32 Å². The number of aliphatic hydroxyl groups is 1. The van der Waals surface area contributed by atoms with Crippen molar-refractivity contribution in [2.24, 2.45) is 0 Å². The summed E-state index contributed by atoms with van der Waals surface area (Å²) < 4.78 is 5.06. The zero-order chi connectivity index (χ0) is 13.4. The molecule has 0 bridgehead atoms. The minimum atomic E-state index is -0.0135. The second-order valence-electron chi connectivity index (χ2n) is 4.21. The lowest BCUT2D eigenvalue weighted by atomic mass is 10.1. The molecular formula is C14H21NO3. The van der Waals surface area contributed by atoms with E-state index in [4.69, 9.17) is 9.84 Å². The summed E-state index contributed by atoms with van der Waals surface area (Å²) in [6.07, 6.45) is 1.78. The summed E-state index contributed by atoms with van der Waals surface area (Å²) in [6.45, 7) is 2.09. The van der Waals surface area contributed by atoms with Crippen LogP contribution in [0.25, 0.3) is 0 Å². The van der Waals surface area contributed by atoms with Crippen LogP contribution in [0.2, 0.25) is 0 Å². The first kappa shape index (κ1) is 14.5. The normalized spacial score (nSPS) is 11.9. The lowest BCUT2D eigenvalue weighted by molar-refractivity contribution is -0.121. The third kappa shape index (κ3) is 4.75. The van der Waals surface area contributed by atoms with Gasteiger partial charge in [-0.15, -0.1) is 0 Å². The van der Waals surface area contributed by atoms with E-state index in [0.717, 1.165) is 17.7 Å². The van der Waals surface area contributed by atoms with Crippen LogP contribution in [0.15, 0.2) is 24.3 Å². The minimum Gasteiger partial charge on any atom is -0.497 e. The second kappa shape index (κ2) is 7.71. The average molecular weight is 251 g/mol. The van der Waals surface area contributed by atoms with Gasteiger partial charge in [-0.1, -0.05) is 19.1 Å². The zero-order valence-corrected chi connectivity index (χ0v) is 11.0. The van der Waals surface area contributed by atoms with Crippen LogP contribution in [0.3, 0.4) is 0 Å². The van der Waals surface area contributed by atoms with Gasteiger partial charge in [0.05, 0.1) is 13.5 Å². The Kier molecular flexibility index (Phi) is 6.22. The summed E-state index contributed by atoms with van der Waals surface area (Å²) >= 11 is 0. The van der Waals surface area contributed by atoms with Gasteiger partial charge in [-0.05, 0) is 30.5 Å². The van der Waals surface area contributed by atoms with Crippen LogP contribution in [0.1, 0.15) is 25.3 Å². The Bertz CT molecular complexity index is 362. The van der Waals surface area contributed by atoms with E-state index >= 15 is 0 Å². The van der Waals surface area contributed by atoms with E-state index in [0.29, 0.717) is 12.8 Å². The standard InChI is InChI=1S/C14H21NO3/c1-3-12(8-9-16)15-14(17)10-11-4-6-13(18-2)7-5-11/h4-7,12,16H,3,8-10H2,1-2H3,(H,15,17). The van der Waals surface area contributed by atoms with Crippen molar-refractivity contribution < 1.29 is 14.6 Å². The van der Waals surface area contributed by atoms with E-state index in [-0.39, 0.29) is 18.6 Å². The van der Waals surface area contributed by atoms with Crippen LogP contribution in [0.4, 0.5) is 0 Å². The molecule has 4 nitrogen and oxygen atoms in total. The van der Waals surface area contributed by atoms with Crippen LogP contribution < -0.4 is 10.1 Å². The molecule has 0 radical (unpaired) electrons. The Labute approximate surface area is 108 Å². The lowest BCUT2D eigenvalue weighted by Gasteiger charge is -2.15. The van der Waals surface area contributed by atoms with Gasteiger partial charge in [0.2, 0.25) is 5.91 Å². The van der Waals surface area contributed by atoms with Crippen molar-refractivity contribution >= 4 is 5.91 Å². The van der Waals surface area contributed by atoms with E-state index in [1.165, 1.54) is 0 Å². The van der Waals surface area contributed by atoms with Crippen molar-refractivity contribution in [2.45, 2.75) is 32.2 Å². The van der Waals surface area contributed by atoms with E-state index in [1.54, 1.807) is 7.11 Å². The van der Waals surface area contributed by atoms with Crippen LogP contribution in [-0.2, 0) is 11.2 Å². The second-order valence-corrected chi connectivity index (χ2v) is 4.21. The predicted molar refractivity (Wildman–Crippen MR) is 70.6 cm³/mol. The SMILES string of the molecule is CCC(CCO)NC(=O)Cc1ccc(OC)cc1. The Morgan fingerprint density at radius 2 is 2.06 bits per heavy atom. The summed E-state index contributed by atoms with van der Waals surface area (Å²) in [4.78, 5) is 11.8. The number of nitrogens with one attached hydrogen (secondary N) is 1. The summed E-state index contributed by atoms with van der Waals surface area (Å²) in [5.41, 5.74) is 0.951. The summed E-state index contributed by atoms with van der Waals surface area (Å²) in [5, 5.41) is 11.8. The van der Waals surface area contributed by atoms with Gasteiger partial charge < -0.3 is 15.2 Å². The molecule has 1 amide bonds. The average Bonchev–Trinajstić information content (AvgIpc) is 2.39. The molecule has 0 aromatic heterocycles. The maximum absolute atomic E-state index is 11.8. The first-order valence-corrected chi connectivity index (χ1v) is 6.22. The molecule has 0 saturated carbocycles. The van der Waals surface area contributed by atoms with Gasteiger partial charge in [-0.3, -0.25) is 4.79 Å².